The van der Waals surface area contributed by atoms with Gasteiger partial charge in [0.1, 0.15) is 0 Å². The molecule has 41 heavy (non-hydrogen) atoms. The minimum atomic E-state index is -4.55. The Balaban J connectivity index is 1.42. The molecule has 3 aromatic rings. The van der Waals surface area contributed by atoms with Gasteiger partial charge >= 0.3 is 246 Å². The third-order valence-electron chi connectivity index (χ3n) is 6.49. The maximum atomic E-state index is 13.0. The summed E-state index contributed by atoms with van der Waals surface area (Å²) in [5, 5.41) is 18.5. The molecule has 0 saturated carbocycles. The molecule has 1 fully saturated rings. The van der Waals surface area contributed by atoms with Crippen molar-refractivity contribution in [1.82, 2.24) is 4.31 Å². The number of benzene rings is 2. The van der Waals surface area contributed by atoms with E-state index in [1.807, 2.05) is 24.3 Å². The van der Waals surface area contributed by atoms with Gasteiger partial charge in [0.05, 0.1) is 0 Å². The number of thiophene rings is 1. The van der Waals surface area contributed by atoms with Gasteiger partial charge in [0.15, 0.2) is 0 Å². The Morgan fingerprint density at radius 3 is 2.41 bits per heavy atom. The van der Waals surface area contributed by atoms with Crippen molar-refractivity contribution in [1.29, 1.82) is 0 Å². The second-order valence-electron chi connectivity index (χ2n) is 9.47. The number of piperidine rings is 1. The van der Waals surface area contributed by atoms with Crippen LogP contribution < -0.4 is 9.09 Å². The molecule has 0 unspecified atom stereocenters. The fraction of sp³-hybridized carbons (Fsp3) is 0.333. The van der Waals surface area contributed by atoms with Crippen LogP contribution in [0.15, 0.2) is 48.5 Å². The predicted octanol–water partition coefficient (Wildman–Crippen LogP) is 4.65. The van der Waals surface area contributed by atoms with Crippen molar-refractivity contribution in [3.05, 3.63) is 70.1 Å². The number of halogens is 3. The van der Waals surface area contributed by atoms with Crippen molar-refractivity contribution in [3.63, 3.8) is 0 Å². The molecule has 219 valence electrons. The standard InChI is InChI=1S/C27H26AsF3NO7S2/c1-16-23(39-14-22(33)34)25(26(35)36)40-24(16)18-5-3-7-21(13-18)28-20-8-10-32(11-9-20)41(37,38)15-17-4-2-6-19(12-17)27(29,30)31/h2-7,12-13,20H,8-11,14-15H2,1H3,(H,33,34)(H,35,36). The Bertz CT molecular complexity index is 1550. The number of ether oxygens (including phenoxy) is 1. The number of hydrogen-bond acceptors (Lipinski definition) is 6. The Hall–Kier alpha value is -2.86. The average molecular weight is 673 g/mol. The number of carboxylic acids is 2. The number of hydrogen-bond donors (Lipinski definition) is 2. The number of aliphatic carboxylic acids is 1. The molecule has 1 aromatic heterocycles. The fourth-order valence-corrected chi connectivity index (χ4v) is 9.91. The summed E-state index contributed by atoms with van der Waals surface area (Å²) in [6.07, 6.45) is -3.30. The molecule has 8 nitrogen and oxygen atoms in total. The maximum absolute atomic E-state index is 13.0. The Kier molecular flexibility index (Phi) is 9.52. The number of carboxylic acid groups (broad SMARTS) is 2. The summed E-state index contributed by atoms with van der Waals surface area (Å²) in [4.78, 5) is 23.3. The Labute approximate surface area is 245 Å². The van der Waals surface area contributed by atoms with Gasteiger partial charge in [-0.1, -0.05) is 0 Å². The zero-order valence-corrected chi connectivity index (χ0v) is 25.2. The third kappa shape index (κ3) is 7.71. The fourth-order valence-electron chi connectivity index (χ4n) is 4.55. The van der Waals surface area contributed by atoms with Crippen LogP contribution in [0.1, 0.15) is 39.2 Å². The van der Waals surface area contributed by atoms with Crippen molar-refractivity contribution in [2.45, 2.75) is 36.4 Å². The quantitative estimate of drug-likeness (QED) is 0.301. The Morgan fingerprint density at radius 1 is 1.10 bits per heavy atom. The summed E-state index contributed by atoms with van der Waals surface area (Å²) in [6, 6.07) is 12.0. The third-order valence-corrected chi connectivity index (χ3v) is 12.7. The summed E-state index contributed by atoms with van der Waals surface area (Å²) >= 11 is 0.660. The molecular formula is C27H26AsF3NO7S2. The molecule has 0 aliphatic carbocycles. The number of nitrogens with zero attached hydrogens (tertiary/aromatic N) is 1. The van der Waals surface area contributed by atoms with E-state index in [9.17, 15) is 36.3 Å². The zero-order chi connectivity index (χ0) is 29.9. The molecule has 2 heterocycles. The number of rotatable bonds is 10. The number of alkyl halides is 3. The number of sulfonamides is 1. The molecule has 1 aliphatic heterocycles. The van der Waals surface area contributed by atoms with Crippen LogP contribution in [-0.2, 0) is 26.7 Å². The second-order valence-corrected chi connectivity index (χ2v) is 15.6. The average Bonchev–Trinajstić information content (AvgIpc) is 3.23. The first-order chi connectivity index (χ1) is 19.2. The van der Waals surface area contributed by atoms with Crippen molar-refractivity contribution >= 4 is 53.4 Å². The monoisotopic (exact) mass is 672 g/mol. The number of carbonyl (C=O) groups is 2. The van der Waals surface area contributed by atoms with Gasteiger partial charge in [0.2, 0.25) is 0 Å². The van der Waals surface area contributed by atoms with E-state index in [-0.39, 0.29) is 49.7 Å². The molecule has 2 aromatic carbocycles. The molecule has 1 saturated heterocycles. The summed E-state index contributed by atoms with van der Waals surface area (Å²) in [6.45, 7) is 1.61. The molecule has 0 spiro atoms. The molecule has 0 bridgehead atoms. The van der Waals surface area contributed by atoms with E-state index in [0.717, 1.165) is 33.4 Å². The van der Waals surface area contributed by atoms with Crippen LogP contribution in [-0.4, -0.2) is 70.3 Å². The van der Waals surface area contributed by atoms with Crippen molar-refractivity contribution in [2.75, 3.05) is 19.7 Å². The van der Waals surface area contributed by atoms with Crippen LogP contribution in [0.25, 0.3) is 10.4 Å². The first-order valence-corrected chi connectivity index (χ1v) is 16.9. The molecule has 0 amide bonds. The van der Waals surface area contributed by atoms with Gasteiger partial charge in [-0.2, -0.15) is 0 Å². The van der Waals surface area contributed by atoms with Gasteiger partial charge in [-0.3, -0.25) is 0 Å². The molecule has 0 atom stereocenters. The molecular weight excluding hydrogens is 646 g/mol. The van der Waals surface area contributed by atoms with Crippen LogP contribution in [0, 0.1) is 6.92 Å². The van der Waals surface area contributed by atoms with E-state index in [2.05, 4.69) is 0 Å². The SMILES string of the molecule is Cc1c(-c2cccc([As]C3CCN(S(=O)(=O)Cc4cccc(C(F)(F)F)c4)CC3)c2)sc(C(=O)O)c1OCC(=O)O. The van der Waals surface area contributed by atoms with Gasteiger partial charge < -0.3 is 0 Å². The van der Waals surface area contributed by atoms with E-state index >= 15 is 0 Å². The minimum absolute atomic E-state index is 0.0392. The van der Waals surface area contributed by atoms with E-state index < -0.39 is 46.1 Å². The first kappa shape index (κ1) is 31.1. The zero-order valence-electron chi connectivity index (χ0n) is 21.7. The molecule has 4 rings (SSSR count). The molecule has 2 N–H and O–H groups in total. The molecule has 1 aliphatic rings. The molecule has 14 heteroatoms. The van der Waals surface area contributed by atoms with Crippen LogP contribution >= 0.6 is 11.3 Å². The van der Waals surface area contributed by atoms with Gasteiger partial charge in [-0.25, -0.2) is 0 Å². The Morgan fingerprint density at radius 2 is 1.78 bits per heavy atom. The van der Waals surface area contributed by atoms with Crippen molar-refractivity contribution in [2.24, 2.45) is 0 Å². The van der Waals surface area contributed by atoms with Gasteiger partial charge in [0, 0.05) is 0 Å². The van der Waals surface area contributed by atoms with E-state index in [1.54, 1.807) is 6.92 Å². The van der Waals surface area contributed by atoms with E-state index in [4.69, 9.17) is 9.84 Å². The van der Waals surface area contributed by atoms with Crippen LogP contribution in [0.4, 0.5) is 13.2 Å². The predicted molar refractivity (Wildman–Crippen MR) is 149 cm³/mol. The van der Waals surface area contributed by atoms with E-state index in [0.29, 0.717) is 23.3 Å². The van der Waals surface area contributed by atoms with Gasteiger partial charge in [-0.05, 0) is 0 Å². The summed E-state index contributed by atoms with van der Waals surface area (Å²) in [7, 11) is -3.78. The van der Waals surface area contributed by atoms with Crippen molar-refractivity contribution < 1.29 is 46.1 Å². The van der Waals surface area contributed by atoms with Gasteiger partial charge in [-0.15, -0.1) is 0 Å². The normalized spacial score (nSPS) is 15.4. The van der Waals surface area contributed by atoms with Crippen LogP contribution in [0.2, 0.25) is 4.71 Å². The van der Waals surface area contributed by atoms with Crippen LogP contribution in [0.5, 0.6) is 5.75 Å². The van der Waals surface area contributed by atoms with E-state index in [1.165, 1.54) is 16.4 Å². The topological polar surface area (TPSA) is 121 Å². The second kappa shape index (κ2) is 12.6. The number of aromatic carboxylic acids is 1. The summed E-state index contributed by atoms with van der Waals surface area (Å²) in [5.41, 5.74) is 0.545. The summed E-state index contributed by atoms with van der Waals surface area (Å²) < 4.78 is 72.9. The molecule has 1 radical (unpaired) electrons. The van der Waals surface area contributed by atoms with Crippen LogP contribution in [0.3, 0.4) is 0 Å². The van der Waals surface area contributed by atoms with Gasteiger partial charge in [0.25, 0.3) is 0 Å². The first-order valence-electron chi connectivity index (χ1n) is 12.4. The van der Waals surface area contributed by atoms with Crippen molar-refractivity contribution in [3.8, 4) is 16.2 Å². The summed E-state index contributed by atoms with van der Waals surface area (Å²) in [5.74, 6) is -2.87.